The van der Waals surface area contributed by atoms with Gasteiger partial charge in [0.15, 0.2) is 0 Å². The molecule has 9 heteroatoms. The first kappa shape index (κ1) is 20.2. The second-order valence-corrected chi connectivity index (χ2v) is 8.56. The number of hydrogen-bond donors (Lipinski definition) is 3. The number of carbonyl (C=O) groups excluding carboxylic acids is 4. The molecule has 0 spiro atoms. The molecule has 1 atom stereocenters. The van der Waals surface area contributed by atoms with Gasteiger partial charge in [-0.3, -0.25) is 19.3 Å². The number of nitrogens with two attached hydrogens (primary N) is 1. The summed E-state index contributed by atoms with van der Waals surface area (Å²) < 4.78 is 0. The molecule has 0 radical (unpaired) electrons. The van der Waals surface area contributed by atoms with Crippen LogP contribution in [0.3, 0.4) is 0 Å². The van der Waals surface area contributed by atoms with Crippen molar-refractivity contribution >= 4 is 35.1 Å². The van der Waals surface area contributed by atoms with E-state index in [1.165, 1.54) is 0 Å². The molecule has 160 valence electrons. The Hall–Kier alpha value is -3.10. The minimum Gasteiger partial charge on any atom is -0.371 e. The summed E-state index contributed by atoms with van der Waals surface area (Å²) in [5.41, 5.74) is 6.09. The lowest BCUT2D eigenvalue weighted by Gasteiger charge is -2.32. The maximum absolute atomic E-state index is 12.6. The second-order valence-electron chi connectivity index (χ2n) is 8.56. The molecular formula is C21H27N5O4. The van der Waals surface area contributed by atoms with E-state index in [2.05, 4.69) is 15.5 Å². The highest BCUT2D eigenvalue weighted by Crippen LogP contribution is 2.42. The topological polar surface area (TPSA) is 125 Å². The molecule has 5 amide bonds. The van der Waals surface area contributed by atoms with Crippen LogP contribution < -0.4 is 21.3 Å². The van der Waals surface area contributed by atoms with Crippen molar-refractivity contribution in [2.75, 3.05) is 29.9 Å². The number of benzene rings is 1. The molecule has 2 heterocycles. The molecule has 1 saturated carbocycles. The number of carbonyl (C=O) groups is 4. The van der Waals surface area contributed by atoms with E-state index in [-0.39, 0.29) is 30.2 Å². The molecule has 3 fully saturated rings. The zero-order valence-electron chi connectivity index (χ0n) is 17.0. The van der Waals surface area contributed by atoms with Crippen LogP contribution in [0.15, 0.2) is 24.3 Å². The Labute approximate surface area is 174 Å². The van der Waals surface area contributed by atoms with Gasteiger partial charge in [-0.05, 0) is 62.8 Å². The highest BCUT2D eigenvalue weighted by atomic mass is 16.2. The Kier molecular flexibility index (Phi) is 5.13. The summed E-state index contributed by atoms with van der Waals surface area (Å²) in [6, 6.07) is 6.86. The average Bonchev–Trinajstić information content (AvgIpc) is 3.55. The summed E-state index contributed by atoms with van der Waals surface area (Å²) in [5.74, 6) is -0.904. The molecule has 1 aromatic rings. The van der Waals surface area contributed by atoms with E-state index in [0.29, 0.717) is 5.69 Å². The summed E-state index contributed by atoms with van der Waals surface area (Å²) in [5, 5.41) is 5.48. The molecule has 30 heavy (non-hydrogen) atoms. The van der Waals surface area contributed by atoms with Crippen molar-refractivity contribution in [2.24, 2.45) is 17.6 Å². The van der Waals surface area contributed by atoms with E-state index in [0.717, 1.165) is 49.4 Å². The van der Waals surface area contributed by atoms with Crippen LogP contribution in [0, 0.1) is 11.8 Å². The molecule has 0 bridgehead atoms. The fourth-order valence-electron chi connectivity index (χ4n) is 4.32. The van der Waals surface area contributed by atoms with Gasteiger partial charge in [0, 0.05) is 30.4 Å². The number of urea groups is 1. The first-order valence-electron chi connectivity index (χ1n) is 10.4. The molecule has 9 nitrogen and oxygen atoms in total. The van der Waals surface area contributed by atoms with Crippen molar-refractivity contribution in [3.63, 3.8) is 0 Å². The zero-order valence-corrected chi connectivity index (χ0v) is 17.0. The van der Waals surface area contributed by atoms with Crippen molar-refractivity contribution < 1.29 is 19.2 Å². The van der Waals surface area contributed by atoms with E-state index in [4.69, 9.17) is 5.73 Å². The number of primary amides is 1. The van der Waals surface area contributed by atoms with Gasteiger partial charge in [0.2, 0.25) is 11.8 Å². The molecule has 1 aromatic carbocycles. The molecule has 2 saturated heterocycles. The highest BCUT2D eigenvalue weighted by molar-refractivity contribution is 6.10. The maximum atomic E-state index is 12.6. The number of hydrogen-bond acceptors (Lipinski definition) is 5. The van der Waals surface area contributed by atoms with Crippen LogP contribution in [0.4, 0.5) is 16.2 Å². The number of nitrogens with one attached hydrogen (secondary N) is 2. The van der Waals surface area contributed by atoms with Gasteiger partial charge in [0.1, 0.15) is 12.1 Å². The highest BCUT2D eigenvalue weighted by Gasteiger charge is 2.56. The first-order chi connectivity index (χ1) is 14.3. The molecule has 3 aliphatic rings. The SMILES string of the molecule is CC1(C2CC2)NC(=O)N(CC(=O)Nc2ccc(N3CCC(C(N)=O)CC3)cc2)C1=O. The number of imide groups is 1. The van der Waals surface area contributed by atoms with Crippen molar-refractivity contribution in [3.8, 4) is 0 Å². The minimum atomic E-state index is -0.888. The third kappa shape index (κ3) is 3.83. The van der Waals surface area contributed by atoms with Crippen molar-refractivity contribution in [1.82, 2.24) is 10.2 Å². The molecule has 2 aliphatic heterocycles. The van der Waals surface area contributed by atoms with Crippen molar-refractivity contribution in [1.29, 1.82) is 0 Å². The lowest BCUT2D eigenvalue weighted by Crippen LogP contribution is -2.46. The minimum absolute atomic E-state index is 0.0629. The van der Waals surface area contributed by atoms with Crippen molar-refractivity contribution in [3.05, 3.63) is 24.3 Å². The second kappa shape index (κ2) is 7.62. The number of rotatable bonds is 6. The van der Waals surface area contributed by atoms with Crippen molar-refractivity contribution in [2.45, 2.75) is 38.1 Å². The van der Waals surface area contributed by atoms with E-state index < -0.39 is 17.5 Å². The fraction of sp³-hybridized carbons (Fsp3) is 0.524. The standard InChI is InChI=1S/C21H27N5O4/c1-21(14-2-3-14)19(29)26(20(30)24-21)12-17(27)23-15-4-6-16(7-5-15)25-10-8-13(9-11-25)18(22)28/h4-7,13-14H,2-3,8-12H2,1H3,(H2,22,28)(H,23,27)(H,24,30). The van der Waals surface area contributed by atoms with Gasteiger partial charge < -0.3 is 21.3 Å². The molecular weight excluding hydrogens is 386 g/mol. The van der Waals surface area contributed by atoms with Crippen LogP contribution in [-0.4, -0.2) is 53.8 Å². The Morgan fingerprint density at radius 1 is 1.13 bits per heavy atom. The fourth-order valence-corrected chi connectivity index (χ4v) is 4.32. The molecule has 4 rings (SSSR count). The summed E-state index contributed by atoms with van der Waals surface area (Å²) >= 11 is 0. The van der Waals surface area contributed by atoms with Crippen LogP contribution in [0.25, 0.3) is 0 Å². The lowest BCUT2D eigenvalue weighted by molar-refractivity contribution is -0.134. The van der Waals surface area contributed by atoms with Gasteiger partial charge in [0.05, 0.1) is 0 Å². The smallest absolute Gasteiger partial charge is 0.325 e. The van der Waals surface area contributed by atoms with Gasteiger partial charge >= 0.3 is 6.03 Å². The maximum Gasteiger partial charge on any atom is 0.325 e. The predicted molar refractivity (Wildman–Crippen MR) is 111 cm³/mol. The van der Waals surface area contributed by atoms with Gasteiger partial charge in [-0.15, -0.1) is 0 Å². The Morgan fingerprint density at radius 2 is 1.77 bits per heavy atom. The zero-order chi connectivity index (χ0) is 21.5. The lowest BCUT2D eigenvalue weighted by atomic mass is 9.96. The summed E-state index contributed by atoms with van der Waals surface area (Å²) in [6.45, 7) is 2.93. The van der Waals surface area contributed by atoms with Gasteiger partial charge in [-0.25, -0.2) is 4.79 Å². The predicted octanol–water partition coefficient (Wildman–Crippen LogP) is 1.05. The largest absolute Gasteiger partial charge is 0.371 e. The van der Waals surface area contributed by atoms with E-state index in [1.54, 1.807) is 19.1 Å². The number of piperidine rings is 1. The quantitative estimate of drug-likeness (QED) is 0.601. The van der Waals surface area contributed by atoms with Gasteiger partial charge in [-0.1, -0.05) is 0 Å². The number of anilines is 2. The summed E-state index contributed by atoms with van der Waals surface area (Å²) in [6.07, 6.45) is 3.29. The summed E-state index contributed by atoms with van der Waals surface area (Å²) in [4.78, 5) is 51.7. The van der Waals surface area contributed by atoms with E-state index in [1.807, 2.05) is 12.1 Å². The molecule has 1 unspecified atom stereocenters. The van der Waals surface area contributed by atoms with Crippen LogP contribution in [0.1, 0.15) is 32.6 Å². The van der Waals surface area contributed by atoms with E-state index in [9.17, 15) is 19.2 Å². The number of amides is 5. The van der Waals surface area contributed by atoms with E-state index >= 15 is 0 Å². The third-order valence-electron chi connectivity index (χ3n) is 6.41. The van der Waals surface area contributed by atoms with Gasteiger partial charge in [0.25, 0.3) is 5.91 Å². The Balaban J connectivity index is 1.31. The number of nitrogens with zero attached hydrogens (tertiary/aromatic N) is 2. The van der Waals surface area contributed by atoms with Gasteiger partial charge in [-0.2, -0.15) is 0 Å². The molecule has 4 N–H and O–H groups in total. The Bertz CT molecular complexity index is 874. The van der Waals surface area contributed by atoms with Crippen LogP contribution >= 0.6 is 0 Å². The molecule has 1 aliphatic carbocycles. The average molecular weight is 413 g/mol. The first-order valence-corrected chi connectivity index (χ1v) is 10.4. The summed E-state index contributed by atoms with van der Waals surface area (Å²) in [7, 11) is 0. The van der Waals surface area contributed by atoms with Crippen LogP contribution in [0.5, 0.6) is 0 Å². The monoisotopic (exact) mass is 413 g/mol. The third-order valence-corrected chi connectivity index (χ3v) is 6.41. The molecule has 0 aromatic heterocycles. The normalized spacial score (nSPS) is 24.7. The van der Waals surface area contributed by atoms with Crippen LogP contribution in [0.2, 0.25) is 0 Å². The van der Waals surface area contributed by atoms with Crippen LogP contribution in [-0.2, 0) is 14.4 Å². The Morgan fingerprint density at radius 3 is 2.33 bits per heavy atom.